The second-order valence-electron chi connectivity index (χ2n) is 2.96. The van der Waals surface area contributed by atoms with Gasteiger partial charge < -0.3 is 5.32 Å². The van der Waals surface area contributed by atoms with Crippen LogP contribution in [-0.4, -0.2) is 36.1 Å². The van der Waals surface area contributed by atoms with Crippen molar-refractivity contribution in [1.29, 1.82) is 0 Å². The average Bonchev–Trinajstić information content (AvgIpc) is 2.11. The van der Waals surface area contributed by atoms with Gasteiger partial charge in [-0.05, 0) is 13.3 Å². The molecule has 0 bridgehead atoms. The number of nitrogens with zero attached hydrogens (tertiary/aromatic N) is 2. The van der Waals surface area contributed by atoms with E-state index in [0.29, 0.717) is 12.8 Å². The number of hydrogen-bond acceptors (Lipinski definition) is 3. The van der Waals surface area contributed by atoms with E-state index in [1.807, 2.05) is 6.92 Å². The van der Waals surface area contributed by atoms with Gasteiger partial charge in [-0.15, -0.1) is 0 Å². The molecular formula is C8H13N3O2. The molecule has 72 valence electrons. The molecule has 2 amide bonds. The standard InChI is InChI=1S/C8H13N3O2/c1-6-3-4-8(13)11(10-6)5-7(12)9-2/h3-5H2,1-2H3,(H,9,12). The van der Waals surface area contributed by atoms with Gasteiger partial charge in [0.15, 0.2) is 0 Å². The number of carbonyl (C=O) groups is 2. The number of amides is 2. The van der Waals surface area contributed by atoms with Crippen molar-refractivity contribution in [2.45, 2.75) is 19.8 Å². The molecule has 1 heterocycles. The van der Waals surface area contributed by atoms with Crippen molar-refractivity contribution in [2.24, 2.45) is 5.10 Å². The van der Waals surface area contributed by atoms with Crippen LogP contribution in [0.3, 0.4) is 0 Å². The number of nitrogens with one attached hydrogen (secondary N) is 1. The van der Waals surface area contributed by atoms with Crippen LogP contribution >= 0.6 is 0 Å². The Bertz CT molecular complexity index is 260. The fraction of sp³-hybridized carbons (Fsp3) is 0.625. The summed E-state index contributed by atoms with van der Waals surface area (Å²) in [5, 5.41) is 7.66. The van der Waals surface area contributed by atoms with Crippen molar-refractivity contribution in [3.8, 4) is 0 Å². The molecule has 5 nitrogen and oxygen atoms in total. The Hall–Kier alpha value is -1.39. The monoisotopic (exact) mass is 183 g/mol. The quantitative estimate of drug-likeness (QED) is 0.640. The summed E-state index contributed by atoms with van der Waals surface area (Å²) in [6.07, 6.45) is 1.15. The molecule has 0 saturated carbocycles. The highest BCUT2D eigenvalue weighted by atomic mass is 16.2. The highest BCUT2D eigenvalue weighted by molar-refractivity contribution is 5.93. The predicted octanol–water partition coefficient (Wildman–Crippen LogP) is -0.269. The van der Waals surface area contributed by atoms with Crippen LogP contribution in [0, 0.1) is 0 Å². The fourth-order valence-corrected chi connectivity index (χ4v) is 1.07. The summed E-state index contributed by atoms with van der Waals surface area (Å²) in [6, 6.07) is 0. The van der Waals surface area contributed by atoms with E-state index in [1.54, 1.807) is 0 Å². The van der Waals surface area contributed by atoms with Gasteiger partial charge in [0.05, 0.1) is 0 Å². The van der Waals surface area contributed by atoms with Gasteiger partial charge >= 0.3 is 0 Å². The van der Waals surface area contributed by atoms with Crippen LogP contribution in [0.15, 0.2) is 5.10 Å². The molecule has 0 aromatic heterocycles. The van der Waals surface area contributed by atoms with E-state index in [9.17, 15) is 9.59 Å². The maximum absolute atomic E-state index is 11.2. The van der Waals surface area contributed by atoms with Gasteiger partial charge in [-0.1, -0.05) is 0 Å². The highest BCUT2D eigenvalue weighted by Crippen LogP contribution is 2.07. The van der Waals surface area contributed by atoms with E-state index in [4.69, 9.17) is 0 Å². The minimum Gasteiger partial charge on any atom is -0.358 e. The van der Waals surface area contributed by atoms with Crippen molar-refractivity contribution in [1.82, 2.24) is 10.3 Å². The van der Waals surface area contributed by atoms with E-state index in [2.05, 4.69) is 10.4 Å². The van der Waals surface area contributed by atoms with Crippen molar-refractivity contribution in [3.63, 3.8) is 0 Å². The van der Waals surface area contributed by atoms with Crippen LogP contribution in [0.25, 0.3) is 0 Å². The third-order valence-electron chi connectivity index (χ3n) is 1.85. The lowest BCUT2D eigenvalue weighted by Gasteiger charge is -2.21. The first-order chi connectivity index (χ1) is 6.13. The Morgan fingerprint density at radius 1 is 1.62 bits per heavy atom. The molecule has 0 aromatic carbocycles. The van der Waals surface area contributed by atoms with Crippen molar-refractivity contribution >= 4 is 17.5 Å². The van der Waals surface area contributed by atoms with E-state index < -0.39 is 0 Å². The summed E-state index contributed by atoms with van der Waals surface area (Å²) < 4.78 is 0. The molecule has 0 aliphatic carbocycles. The Labute approximate surface area is 76.8 Å². The van der Waals surface area contributed by atoms with Gasteiger partial charge in [0.1, 0.15) is 6.54 Å². The third-order valence-corrected chi connectivity index (χ3v) is 1.85. The van der Waals surface area contributed by atoms with Gasteiger partial charge in [-0.25, -0.2) is 5.01 Å². The molecule has 1 aliphatic heterocycles. The first-order valence-electron chi connectivity index (χ1n) is 4.18. The maximum Gasteiger partial charge on any atom is 0.243 e. The van der Waals surface area contributed by atoms with Gasteiger partial charge in [-0.3, -0.25) is 9.59 Å². The maximum atomic E-state index is 11.2. The van der Waals surface area contributed by atoms with Crippen LogP contribution in [0.5, 0.6) is 0 Å². The SMILES string of the molecule is CNC(=O)CN1N=C(C)CCC1=O. The van der Waals surface area contributed by atoms with Crippen molar-refractivity contribution in [3.05, 3.63) is 0 Å². The molecule has 0 fully saturated rings. The average molecular weight is 183 g/mol. The molecule has 0 spiro atoms. The smallest absolute Gasteiger partial charge is 0.243 e. The lowest BCUT2D eigenvalue weighted by Crippen LogP contribution is -2.38. The summed E-state index contributed by atoms with van der Waals surface area (Å²) in [7, 11) is 1.54. The lowest BCUT2D eigenvalue weighted by molar-refractivity contribution is -0.136. The molecule has 0 aromatic rings. The molecule has 0 atom stereocenters. The van der Waals surface area contributed by atoms with E-state index in [1.165, 1.54) is 12.1 Å². The number of carbonyl (C=O) groups excluding carboxylic acids is 2. The Morgan fingerprint density at radius 3 is 2.92 bits per heavy atom. The third kappa shape index (κ3) is 2.54. The molecular weight excluding hydrogens is 170 g/mol. The van der Waals surface area contributed by atoms with Crippen LogP contribution < -0.4 is 5.32 Å². The fourth-order valence-electron chi connectivity index (χ4n) is 1.07. The lowest BCUT2D eigenvalue weighted by atomic mass is 10.2. The van der Waals surface area contributed by atoms with E-state index in [-0.39, 0.29) is 18.4 Å². The van der Waals surface area contributed by atoms with Gasteiger partial charge in [0, 0.05) is 19.2 Å². The van der Waals surface area contributed by atoms with Crippen molar-refractivity contribution < 1.29 is 9.59 Å². The zero-order valence-corrected chi connectivity index (χ0v) is 7.83. The van der Waals surface area contributed by atoms with Gasteiger partial charge in [0.25, 0.3) is 0 Å². The molecule has 1 N–H and O–H groups in total. The first kappa shape index (κ1) is 9.70. The second kappa shape index (κ2) is 4.02. The minimum atomic E-state index is -0.202. The largest absolute Gasteiger partial charge is 0.358 e. The summed E-state index contributed by atoms with van der Waals surface area (Å²) in [5.41, 5.74) is 0.892. The molecule has 1 rings (SSSR count). The summed E-state index contributed by atoms with van der Waals surface area (Å²) in [4.78, 5) is 22.2. The number of hydrogen-bond donors (Lipinski definition) is 1. The predicted molar refractivity (Wildman–Crippen MR) is 48.1 cm³/mol. The van der Waals surface area contributed by atoms with Gasteiger partial charge in [-0.2, -0.15) is 5.10 Å². The summed E-state index contributed by atoms with van der Waals surface area (Å²) in [6.45, 7) is 1.87. The number of rotatable bonds is 2. The van der Waals surface area contributed by atoms with Crippen LogP contribution in [-0.2, 0) is 9.59 Å². The van der Waals surface area contributed by atoms with E-state index in [0.717, 1.165) is 5.71 Å². The van der Waals surface area contributed by atoms with Crippen molar-refractivity contribution in [2.75, 3.05) is 13.6 Å². The molecule has 0 unspecified atom stereocenters. The Balaban J connectivity index is 2.61. The highest BCUT2D eigenvalue weighted by Gasteiger charge is 2.19. The molecule has 1 aliphatic rings. The van der Waals surface area contributed by atoms with Crippen LogP contribution in [0.2, 0.25) is 0 Å². The van der Waals surface area contributed by atoms with Gasteiger partial charge in [0.2, 0.25) is 11.8 Å². The number of hydrazone groups is 1. The molecule has 0 radical (unpaired) electrons. The molecule has 13 heavy (non-hydrogen) atoms. The molecule has 5 heteroatoms. The summed E-state index contributed by atoms with van der Waals surface area (Å²) >= 11 is 0. The van der Waals surface area contributed by atoms with Crippen LogP contribution in [0.4, 0.5) is 0 Å². The first-order valence-corrected chi connectivity index (χ1v) is 4.18. The second-order valence-corrected chi connectivity index (χ2v) is 2.96. The zero-order chi connectivity index (χ0) is 9.84. The Kier molecular flexibility index (Phi) is 3.00. The van der Waals surface area contributed by atoms with Crippen LogP contribution in [0.1, 0.15) is 19.8 Å². The topological polar surface area (TPSA) is 61.8 Å². The normalized spacial score (nSPS) is 16.9. The van der Waals surface area contributed by atoms with E-state index >= 15 is 0 Å². The zero-order valence-electron chi connectivity index (χ0n) is 7.83. The Morgan fingerprint density at radius 2 is 2.31 bits per heavy atom. The molecule has 0 saturated heterocycles. The number of likely N-dealkylation sites (N-methyl/N-ethyl adjacent to an activating group) is 1. The minimum absolute atomic E-state index is 0.0205. The summed E-state index contributed by atoms with van der Waals surface area (Å²) in [5.74, 6) is -0.291.